The Balaban J connectivity index is 2.21. The second-order valence-corrected chi connectivity index (χ2v) is 3.79. The van der Waals surface area contributed by atoms with E-state index in [4.69, 9.17) is 5.26 Å². The molecule has 3 rings (SSSR count). The molecule has 0 heterocycles. The molecule has 1 heteroatoms. The smallest absolute Gasteiger partial charge is 0.0991 e. The van der Waals surface area contributed by atoms with Gasteiger partial charge in [-0.05, 0) is 29.7 Å². The zero-order valence-electron chi connectivity index (χ0n) is 7.20. The highest BCUT2D eigenvalue weighted by Gasteiger charge is 2.32. The summed E-state index contributed by atoms with van der Waals surface area (Å²) in [5.74, 6) is 1.22. The van der Waals surface area contributed by atoms with Gasteiger partial charge in [-0.15, -0.1) is 0 Å². The molecule has 1 nitrogen and oxygen atoms in total. The van der Waals surface area contributed by atoms with Gasteiger partial charge in [0.05, 0.1) is 11.6 Å². The van der Waals surface area contributed by atoms with Gasteiger partial charge in [0.15, 0.2) is 0 Å². The quantitative estimate of drug-likeness (QED) is 0.545. The monoisotopic (exact) mass is 167 g/mol. The highest BCUT2D eigenvalue weighted by atomic mass is 14.4. The molecule has 2 aliphatic carbocycles. The largest absolute Gasteiger partial charge is 0.192 e. The minimum Gasteiger partial charge on any atom is -0.192 e. The second kappa shape index (κ2) is 2.23. The van der Waals surface area contributed by atoms with Gasteiger partial charge < -0.3 is 0 Å². The number of benzene rings is 1. The van der Waals surface area contributed by atoms with Crippen LogP contribution < -0.4 is 0 Å². The normalized spacial score (nSPS) is 27.3. The van der Waals surface area contributed by atoms with Crippen LogP contribution in [0.15, 0.2) is 30.4 Å². The molecule has 0 aromatic heterocycles. The van der Waals surface area contributed by atoms with Crippen molar-refractivity contribution in [2.45, 2.75) is 18.3 Å². The van der Waals surface area contributed by atoms with Gasteiger partial charge >= 0.3 is 0 Å². The molecule has 0 unspecified atom stereocenters. The number of hydrogen-bond acceptors (Lipinski definition) is 1. The van der Waals surface area contributed by atoms with Gasteiger partial charge in [-0.2, -0.15) is 5.26 Å². The van der Waals surface area contributed by atoms with E-state index in [1.54, 1.807) is 0 Å². The molecule has 62 valence electrons. The minimum absolute atomic E-state index is 0.591. The van der Waals surface area contributed by atoms with Gasteiger partial charge in [-0.1, -0.05) is 18.2 Å². The summed E-state index contributed by atoms with van der Waals surface area (Å²) in [6.45, 7) is 0. The Bertz CT molecular complexity index is 437. The van der Waals surface area contributed by atoms with E-state index in [-0.39, 0.29) is 0 Å². The van der Waals surface area contributed by atoms with Crippen molar-refractivity contribution < 1.29 is 0 Å². The fraction of sp³-hybridized carbons (Fsp3) is 0.250. The first-order valence-corrected chi connectivity index (χ1v) is 4.61. The average Bonchev–Trinajstić information content (AvgIpc) is 2.77. The Labute approximate surface area is 77.3 Å². The van der Waals surface area contributed by atoms with Gasteiger partial charge in [0, 0.05) is 11.8 Å². The summed E-state index contributed by atoms with van der Waals surface area (Å²) in [6, 6.07) is 8.27. The van der Waals surface area contributed by atoms with E-state index >= 15 is 0 Å². The maximum Gasteiger partial charge on any atom is 0.0991 e. The lowest BCUT2D eigenvalue weighted by atomic mass is 9.95. The van der Waals surface area contributed by atoms with Crippen LogP contribution in [-0.4, -0.2) is 0 Å². The maximum absolute atomic E-state index is 8.77. The Kier molecular flexibility index (Phi) is 1.19. The third kappa shape index (κ3) is 0.805. The van der Waals surface area contributed by atoms with E-state index in [0.29, 0.717) is 11.8 Å². The van der Waals surface area contributed by atoms with E-state index in [1.165, 1.54) is 17.5 Å². The molecule has 13 heavy (non-hydrogen) atoms. The first-order chi connectivity index (χ1) is 6.38. The highest BCUT2D eigenvalue weighted by molar-refractivity contribution is 5.51. The van der Waals surface area contributed by atoms with Crippen molar-refractivity contribution in [3.63, 3.8) is 0 Å². The molecule has 0 aliphatic heterocycles. The molecular formula is C12H9N. The van der Waals surface area contributed by atoms with Crippen molar-refractivity contribution in [2.75, 3.05) is 0 Å². The Morgan fingerprint density at radius 3 is 2.69 bits per heavy atom. The van der Waals surface area contributed by atoms with Gasteiger partial charge in [0.25, 0.3) is 0 Å². The topological polar surface area (TPSA) is 23.8 Å². The number of nitriles is 1. The van der Waals surface area contributed by atoms with Crippen molar-refractivity contribution in [3.05, 3.63) is 47.0 Å². The molecule has 0 N–H and O–H groups in total. The average molecular weight is 167 g/mol. The molecule has 0 spiro atoms. The lowest BCUT2D eigenvalue weighted by Crippen LogP contribution is -1.92. The van der Waals surface area contributed by atoms with E-state index in [1.807, 2.05) is 12.1 Å². The molecule has 0 saturated carbocycles. The third-order valence-electron chi connectivity index (χ3n) is 3.10. The Morgan fingerprint density at radius 2 is 1.92 bits per heavy atom. The zero-order chi connectivity index (χ0) is 8.84. The molecule has 2 bridgehead atoms. The van der Waals surface area contributed by atoms with Gasteiger partial charge in [-0.3, -0.25) is 0 Å². The molecule has 1 aromatic rings. The Morgan fingerprint density at radius 1 is 1.15 bits per heavy atom. The predicted octanol–water partition coefficient (Wildman–Crippen LogP) is 2.70. The van der Waals surface area contributed by atoms with Crippen molar-refractivity contribution in [1.29, 1.82) is 5.26 Å². The van der Waals surface area contributed by atoms with Crippen LogP contribution in [0.4, 0.5) is 0 Å². The summed E-state index contributed by atoms with van der Waals surface area (Å²) in [7, 11) is 0. The van der Waals surface area contributed by atoms with Crippen molar-refractivity contribution in [1.82, 2.24) is 0 Å². The van der Waals surface area contributed by atoms with Crippen LogP contribution in [0, 0.1) is 11.3 Å². The molecule has 0 saturated heterocycles. The van der Waals surface area contributed by atoms with Gasteiger partial charge in [0.1, 0.15) is 0 Å². The van der Waals surface area contributed by atoms with Crippen molar-refractivity contribution in [2.24, 2.45) is 0 Å². The fourth-order valence-electron chi connectivity index (χ4n) is 2.46. The summed E-state index contributed by atoms with van der Waals surface area (Å²) in [6.07, 6.45) is 5.79. The number of hydrogen-bond donors (Lipinski definition) is 0. The van der Waals surface area contributed by atoms with Crippen LogP contribution in [-0.2, 0) is 0 Å². The Hall–Kier alpha value is -1.55. The minimum atomic E-state index is 0.591. The van der Waals surface area contributed by atoms with Gasteiger partial charge in [-0.25, -0.2) is 0 Å². The number of nitrogens with zero attached hydrogens (tertiary/aromatic N) is 1. The summed E-state index contributed by atoms with van der Waals surface area (Å²) in [5.41, 5.74) is 3.61. The standard InChI is InChI=1S/C12H9N/c13-7-8-1-4-11-9-2-3-10(6-9)12(11)5-8/h1-5,9-10H,6H2/t9-,10+/m0/s1. The molecule has 2 aliphatic rings. The highest BCUT2D eigenvalue weighted by Crippen LogP contribution is 2.48. The first-order valence-electron chi connectivity index (χ1n) is 4.61. The van der Waals surface area contributed by atoms with Crippen molar-refractivity contribution >= 4 is 0 Å². The zero-order valence-corrected chi connectivity index (χ0v) is 7.20. The SMILES string of the molecule is N#Cc1ccc2c(c1)[C@@H]1C=C[C@H]2C1. The second-order valence-electron chi connectivity index (χ2n) is 3.79. The number of rotatable bonds is 0. The summed E-state index contributed by atoms with van der Waals surface area (Å²) < 4.78 is 0. The van der Waals surface area contributed by atoms with Crippen LogP contribution in [0.2, 0.25) is 0 Å². The van der Waals surface area contributed by atoms with Crippen LogP contribution >= 0.6 is 0 Å². The van der Waals surface area contributed by atoms with E-state index in [0.717, 1.165) is 5.56 Å². The van der Waals surface area contributed by atoms with E-state index in [2.05, 4.69) is 24.3 Å². The van der Waals surface area contributed by atoms with Crippen LogP contribution in [0.25, 0.3) is 0 Å². The molecule has 2 atom stereocenters. The van der Waals surface area contributed by atoms with Crippen LogP contribution in [0.1, 0.15) is 34.9 Å². The van der Waals surface area contributed by atoms with E-state index in [9.17, 15) is 0 Å². The van der Waals surface area contributed by atoms with Crippen molar-refractivity contribution in [3.8, 4) is 6.07 Å². The number of allylic oxidation sites excluding steroid dienone is 2. The first kappa shape index (κ1) is 6.91. The van der Waals surface area contributed by atoms with Crippen LogP contribution in [0.5, 0.6) is 0 Å². The lowest BCUT2D eigenvalue weighted by Gasteiger charge is -2.09. The molecule has 0 amide bonds. The number of fused-ring (bicyclic) bond motifs is 5. The van der Waals surface area contributed by atoms with E-state index < -0.39 is 0 Å². The van der Waals surface area contributed by atoms with Crippen LogP contribution in [0.3, 0.4) is 0 Å². The molecule has 0 fully saturated rings. The summed E-state index contributed by atoms with van der Waals surface area (Å²) >= 11 is 0. The molecule has 0 radical (unpaired) electrons. The fourth-order valence-corrected chi connectivity index (χ4v) is 2.46. The molecular weight excluding hydrogens is 158 g/mol. The lowest BCUT2D eigenvalue weighted by molar-refractivity contribution is 0.804. The van der Waals surface area contributed by atoms with Gasteiger partial charge in [0.2, 0.25) is 0 Å². The summed E-state index contributed by atoms with van der Waals surface area (Å²) in [5, 5.41) is 8.77. The molecule has 1 aromatic carbocycles. The predicted molar refractivity (Wildman–Crippen MR) is 50.4 cm³/mol. The maximum atomic E-state index is 8.77. The summed E-state index contributed by atoms with van der Waals surface area (Å²) in [4.78, 5) is 0. The third-order valence-corrected chi connectivity index (χ3v) is 3.10.